The van der Waals surface area contributed by atoms with Crippen molar-refractivity contribution in [3.63, 3.8) is 0 Å². The zero-order chi connectivity index (χ0) is 11.9. The van der Waals surface area contributed by atoms with E-state index in [1.807, 2.05) is 11.6 Å². The summed E-state index contributed by atoms with van der Waals surface area (Å²) >= 11 is 0. The molecule has 0 unspecified atom stereocenters. The summed E-state index contributed by atoms with van der Waals surface area (Å²) in [7, 11) is 1.84. The van der Waals surface area contributed by atoms with Gasteiger partial charge in [0.1, 0.15) is 5.52 Å². The molecule has 5 nitrogen and oxygen atoms in total. The van der Waals surface area contributed by atoms with E-state index in [0.29, 0.717) is 11.1 Å². The molecule has 0 bridgehead atoms. The molecule has 84 valence electrons. The molecule has 16 heavy (non-hydrogen) atoms. The summed E-state index contributed by atoms with van der Waals surface area (Å²) < 4.78 is 1.82. The molecule has 0 aliphatic rings. The summed E-state index contributed by atoms with van der Waals surface area (Å²) in [6.07, 6.45) is 4.89. The molecule has 1 N–H and O–H groups in total. The van der Waals surface area contributed by atoms with Crippen molar-refractivity contribution in [1.29, 1.82) is 0 Å². The Hall–Kier alpha value is -1.91. The van der Waals surface area contributed by atoms with Crippen LogP contribution >= 0.6 is 0 Å². The van der Waals surface area contributed by atoms with Crippen LogP contribution in [0, 0.1) is 0 Å². The van der Waals surface area contributed by atoms with E-state index in [1.165, 1.54) is 0 Å². The predicted molar refractivity (Wildman–Crippen MR) is 59.2 cm³/mol. The van der Waals surface area contributed by atoms with Gasteiger partial charge in [-0.1, -0.05) is 0 Å². The average molecular weight is 219 g/mol. The third kappa shape index (κ3) is 1.36. The SMILES string of the molecule is Cn1cnc2cncc(C(C)(C)C(=O)O)c21. The van der Waals surface area contributed by atoms with Gasteiger partial charge in [0, 0.05) is 18.8 Å². The van der Waals surface area contributed by atoms with Gasteiger partial charge in [0.25, 0.3) is 0 Å². The minimum absolute atomic E-state index is 0.678. The van der Waals surface area contributed by atoms with Crippen LogP contribution in [0.1, 0.15) is 19.4 Å². The van der Waals surface area contributed by atoms with E-state index in [0.717, 1.165) is 5.52 Å². The number of imidazole rings is 1. The number of carbonyl (C=O) groups is 1. The van der Waals surface area contributed by atoms with Crippen LogP contribution in [0.25, 0.3) is 11.0 Å². The van der Waals surface area contributed by atoms with Gasteiger partial charge >= 0.3 is 5.97 Å². The Balaban J connectivity index is 2.78. The molecule has 2 aromatic rings. The van der Waals surface area contributed by atoms with E-state index in [9.17, 15) is 9.90 Å². The fourth-order valence-corrected chi connectivity index (χ4v) is 1.69. The first-order chi connectivity index (χ1) is 7.44. The molecule has 0 saturated heterocycles. The molecular weight excluding hydrogens is 206 g/mol. The van der Waals surface area contributed by atoms with Crippen LogP contribution in [0.3, 0.4) is 0 Å². The Labute approximate surface area is 92.8 Å². The lowest BCUT2D eigenvalue weighted by Crippen LogP contribution is -2.29. The van der Waals surface area contributed by atoms with Crippen LogP contribution in [0.15, 0.2) is 18.7 Å². The number of carboxylic acid groups (broad SMARTS) is 1. The maximum Gasteiger partial charge on any atom is 0.313 e. The first-order valence-corrected chi connectivity index (χ1v) is 4.93. The van der Waals surface area contributed by atoms with Crippen LogP contribution in [-0.2, 0) is 17.3 Å². The molecule has 0 amide bonds. The fourth-order valence-electron chi connectivity index (χ4n) is 1.69. The maximum atomic E-state index is 11.2. The molecule has 2 aromatic heterocycles. The van der Waals surface area contributed by atoms with E-state index in [2.05, 4.69) is 9.97 Å². The van der Waals surface area contributed by atoms with Gasteiger partial charge in [0.05, 0.1) is 23.5 Å². The van der Waals surface area contributed by atoms with Crippen molar-refractivity contribution in [2.75, 3.05) is 0 Å². The highest BCUT2D eigenvalue weighted by Gasteiger charge is 2.32. The Bertz CT molecular complexity index is 557. The number of rotatable bonds is 2. The number of aromatic nitrogens is 3. The Morgan fingerprint density at radius 2 is 2.12 bits per heavy atom. The Morgan fingerprint density at radius 3 is 2.75 bits per heavy atom. The second-order valence-corrected chi connectivity index (χ2v) is 4.34. The first-order valence-electron chi connectivity index (χ1n) is 4.93. The van der Waals surface area contributed by atoms with Gasteiger partial charge < -0.3 is 9.67 Å². The number of fused-ring (bicyclic) bond motifs is 1. The molecule has 0 fully saturated rings. The summed E-state index contributed by atoms with van der Waals surface area (Å²) in [4.78, 5) is 19.4. The molecule has 0 radical (unpaired) electrons. The van der Waals surface area contributed by atoms with Crippen LogP contribution in [-0.4, -0.2) is 25.6 Å². The largest absolute Gasteiger partial charge is 0.481 e. The average Bonchev–Trinajstić information content (AvgIpc) is 2.60. The van der Waals surface area contributed by atoms with Crippen LogP contribution < -0.4 is 0 Å². The summed E-state index contributed by atoms with van der Waals surface area (Å²) in [5.74, 6) is -0.872. The summed E-state index contributed by atoms with van der Waals surface area (Å²) in [6.45, 7) is 3.33. The monoisotopic (exact) mass is 219 g/mol. The zero-order valence-electron chi connectivity index (χ0n) is 9.43. The molecule has 2 rings (SSSR count). The lowest BCUT2D eigenvalue weighted by atomic mass is 9.85. The van der Waals surface area contributed by atoms with Gasteiger partial charge in [-0.2, -0.15) is 0 Å². The van der Waals surface area contributed by atoms with Crippen molar-refractivity contribution >= 4 is 17.0 Å². The third-order valence-electron chi connectivity index (χ3n) is 2.83. The predicted octanol–water partition coefficient (Wildman–Crippen LogP) is 1.33. The Morgan fingerprint density at radius 1 is 1.44 bits per heavy atom. The number of nitrogens with zero attached hydrogens (tertiary/aromatic N) is 3. The highest BCUT2D eigenvalue weighted by atomic mass is 16.4. The highest BCUT2D eigenvalue weighted by Crippen LogP contribution is 2.28. The lowest BCUT2D eigenvalue weighted by molar-refractivity contribution is -0.142. The number of hydrogen-bond donors (Lipinski definition) is 1. The number of carboxylic acids is 1. The summed E-state index contributed by atoms with van der Waals surface area (Å²) in [6, 6.07) is 0. The van der Waals surface area contributed by atoms with Crippen LogP contribution in [0.2, 0.25) is 0 Å². The molecule has 0 spiro atoms. The lowest BCUT2D eigenvalue weighted by Gasteiger charge is -2.20. The third-order valence-corrected chi connectivity index (χ3v) is 2.83. The van der Waals surface area contributed by atoms with E-state index in [4.69, 9.17) is 0 Å². The van der Waals surface area contributed by atoms with Crippen molar-refractivity contribution in [3.05, 3.63) is 24.3 Å². The van der Waals surface area contributed by atoms with Crippen LogP contribution in [0.5, 0.6) is 0 Å². The van der Waals surface area contributed by atoms with Gasteiger partial charge in [-0.05, 0) is 13.8 Å². The first kappa shape index (κ1) is 10.6. The second-order valence-electron chi connectivity index (χ2n) is 4.34. The Kier molecular flexibility index (Phi) is 2.18. The van der Waals surface area contributed by atoms with Crippen molar-refractivity contribution in [2.45, 2.75) is 19.3 Å². The smallest absolute Gasteiger partial charge is 0.313 e. The normalized spacial score (nSPS) is 11.9. The molecule has 0 aliphatic heterocycles. The molecule has 0 saturated carbocycles. The zero-order valence-corrected chi connectivity index (χ0v) is 9.43. The maximum absolute atomic E-state index is 11.2. The van der Waals surface area contributed by atoms with Crippen LogP contribution in [0.4, 0.5) is 0 Å². The number of aryl methyl sites for hydroxylation is 1. The summed E-state index contributed by atoms with van der Waals surface area (Å²) in [5, 5.41) is 9.23. The van der Waals surface area contributed by atoms with Crippen molar-refractivity contribution in [2.24, 2.45) is 7.05 Å². The van der Waals surface area contributed by atoms with Gasteiger partial charge in [-0.15, -0.1) is 0 Å². The topological polar surface area (TPSA) is 68.0 Å². The number of aliphatic carboxylic acids is 1. The van der Waals surface area contributed by atoms with E-state index in [-0.39, 0.29) is 0 Å². The van der Waals surface area contributed by atoms with Crippen molar-refractivity contribution in [1.82, 2.24) is 14.5 Å². The van der Waals surface area contributed by atoms with Gasteiger partial charge in [0.15, 0.2) is 0 Å². The fraction of sp³-hybridized carbons (Fsp3) is 0.364. The van der Waals surface area contributed by atoms with Gasteiger partial charge in [0.2, 0.25) is 0 Å². The summed E-state index contributed by atoms with van der Waals surface area (Å²) in [5.41, 5.74) is 1.24. The minimum atomic E-state index is -0.972. The highest BCUT2D eigenvalue weighted by molar-refractivity contribution is 5.88. The van der Waals surface area contributed by atoms with E-state index in [1.54, 1.807) is 32.6 Å². The van der Waals surface area contributed by atoms with Crippen molar-refractivity contribution in [3.8, 4) is 0 Å². The molecule has 0 aliphatic carbocycles. The van der Waals surface area contributed by atoms with Gasteiger partial charge in [-0.3, -0.25) is 9.78 Å². The molecule has 2 heterocycles. The van der Waals surface area contributed by atoms with Crippen molar-refractivity contribution < 1.29 is 9.90 Å². The number of pyridine rings is 1. The second kappa shape index (κ2) is 3.30. The minimum Gasteiger partial charge on any atom is -0.481 e. The molecule has 5 heteroatoms. The molecule has 0 aromatic carbocycles. The van der Waals surface area contributed by atoms with E-state index < -0.39 is 11.4 Å². The molecule has 0 atom stereocenters. The molecular formula is C11H13N3O2. The quantitative estimate of drug-likeness (QED) is 0.827. The van der Waals surface area contributed by atoms with Gasteiger partial charge in [-0.25, -0.2) is 4.98 Å². The van der Waals surface area contributed by atoms with E-state index >= 15 is 0 Å². The standard InChI is InChI=1S/C11H13N3O2/c1-11(2,10(15)16)7-4-12-5-8-9(7)14(3)6-13-8/h4-6H,1-3H3,(H,15,16). The number of hydrogen-bond acceptors (Lipinski definition) is 3.